The van der Waals surface area contributed by atoms with Gasteiger partial charge in [-0.3, -0.25) is 0 Å². The van der Waals surface area contributed by atoms with E-state index < -0.39 is 17.9 Å². The van der Waals surface area contributed by atoms with E-state index in [4.69, 9.17) is 5.11 Å². The van der Waals surface area contributed by atoms with Crippen LogP contribution >= 0.6 is 0 Å². The van der Waals surface area contributed by atoms with Gasteiger partial charge >= 0.3 is 0 Å². The molecule has 1 rings (SSSR count). The largest absolute Gasteiger partial charge is 0.396 e. The van der Waals surface area contributed by atoms with Crippen LogP contribution in [0.1, 0.15) is 6.42 Å². The lowest BCUT2D eigenvalue weighted by molar-refractivity contribution is 0.0252. The van der Waals surface area contributed by atoms with Gasteiger partial charge in [-0.2, -0.15) is 0 Å². The molecule has 1 atom stereocenters. The zero-order valence-electron chi connectivity index (χ0n) is 6.77. The van der Waals surface area contributed by atoms with E-state index in [2.05, 4.69) is 0 Å². The first kappa shape index (κ1) is 8.87. The average molecular weight is 165 g/mol. The molecule has 0 heterocycles. The smallest absolute Gasteiger partial charge is 0.258 e. The van der Waals surface area contributed by atoms with Gasteiger partial charge in [0.05, 0.1) is 12.0 Å². The van der Waals surface area contributed by atoms with E-state index in [1.807, 2.05) is 0 Å². The van der Waals surface area contributed by atoms with Gasteiger partial charge in [-0.1, -0.05) is 0 Å². The van der Waals surface area contributed by atoms with Gasteiger partial charge in [-0.25, -0.2) is 8.78 Å². The summed E-state index contributed by atoms with van der Waals surface area (Å²) in [6.45, 7) is -0.158. The maximum atomic E-state index is 12.6. The molecule has 1 N–H and O–H groups in total. The van der Waals surface area contributed by atoms with E-state index in [1.54, 1.807) is 19.0 Å². The van der Waals surface area contributed by atoms with E-state index in [0.717, 1.165) is 0 Å². The fraction of sp³-hybridized carbons (Fsp3) is 1.00. The summed E-state index contributed by atoms with van der Waals surface area (Å²) >= 11 is 0. The lowest BCUT2D eigenvalue weighted by Crippen LogP contribution is -2.30. The molecule has 0 aromatic carbocycles. The minimum atomic E-state index is -2.65. The fourth-order valence-electron chi connectivity index (χ4n) is 1.38. The van der Waals surface area contributed by atoms with Gasteiger partial charge < -0.3 is 10.0 Å². The Balaban J connectivity index is 2.53. The normalized spacial score (nSPS) is 34.4. The number of halogens is 2. The second-order valence-corrected chi connectivity index (χ2v) is 3.56. The highest BCUT2D eigenvalue weighted by Crippen LogP contribution is 2.60. The van der Waals surface area contributed by atoms with Crippen molar-refractivity contribution in [2.45, 2.75) is 12.3 Å². The van der Waals surface area contributed by atoms with Gasteiger partial charge in [0.15, 0.2) is 0 Å². The first-order valence-corrected chi connectivity index (χ1v) is 3.57. The molecule has 1 aliphatic rings. The molecule has 1 saturated carbocycles. The molecule has 0 spiro atoms. The zero-order chi connectivity index (χ0) is 8.70. The third-order valence-electron chi connectivity index (χ3n) is 2.13. The molecule has 1 fully saturated rings. The molecule has 0 radical (unpaired) electrons. The highest BCUT2D eigenvalue weighted by atomic mass is 19.3. The van der Waals surface area contributed by atoms with Gasteiger partial charge in [0.1, 0.15) is 0 Å². The Kier molecular flexibility index (Phi) is 1.92. The number of hydrogen-bond acceptors (Lipinski definition) is 2. The van der Waals surface area contributed by atoms with Crippen LogP contribution in [-0.2, 0) is 0 Å². The van der Waals surface area contributed by atoms with Crippen molar-refractivity contribution in [3.63, 3.8) is 0 Å². The summed E-state index contributed by atoms with van der Waals surface area (Å²) in [5.74, 6) is -2.65. The maximum absolute atomic E-state index is 12.6. The highest BCUT2D eigenvalue weighted by Gasteiger charge is 2.70. The predicted molar refractivity (Wildman–Crippen MR) is 37.6 cm³/mol. The Morgan fingerprint density at radius 2 is 1.91 bits per heavy atom. The summed E-state index contributed by atoms with van der Waals surface area (Å²) in [5.41, 5.74) is -1.14. The Morgan fingerprint density at radius 3 is 2.00 bits per heavy atom. The van der Waals surface area contributed by atoms with Gasteiger partial charge in [-0.05, 0) is 14.1 Å². The molecule has 66 valence electrons. The molecule has 11 heavy (non-hydrogen) atoms. The molecule has 0 aromatic heterocycles. The summed E-state index contributed by atoms with van der Waals surface area (Å²) in [5, 5.41) is 8.73. The summed E-state index contributed by atoms with van der Waals surface area (Å²) in [4.78, 5) is 1.68. The molecular weight excluding hydrogens is 152 g/mol. The monoisotopic (exact) mass is 165 g/mol. The molecule has 0 aliphatic heterocycles. The minimum absolute atomic E-state index is 0.172. The number of hydrogen-bond donors (Lipinski definition) is 1. The van der Waals surface area contributed by atoms with Crippen molar-refractivity contribution in [1.82, 2.24) is 4.90 Å². The highest BCUT2D eigenvalue weighted by molar-refractivity contribution is 5.10. The number of rotatable bonds is 3. The molecule has 0 bridgehead atoms. The summed E-state index contributed by atoms with van der Waals surface area (Å²) < 4.78 is 25.3. The van der Waals surface area contributed by atoms with E-state index in [1.165, 1.54) is 0 Å². The average Bonchev–Trinajstić information content (AvgIpc) is 2.33. The van der Waals surface area contributed by atoms with Crippen LogP contribution in [0.3, 0.4) is 0 Å². The molecule has 1 aliphatic carbocycles. The lowest BCUT2D eigenvalue weighted by Gasteiger charge is -2.17. The lowest BCUT2D eigenvalue weighted by atomic mass is 10.1. The third-order valence-corrected chi connectivity index (χ3v) is 2.13. The van der Waals surface area contributed by atoms with E-state index in [0.29, 0.717) is 0 Å². The third kappa shape index (κ3) is 1.37. The van der Waals surface area contributed by atoms with Crippen molar-refractivity contribution in [3.05, 3.63) is 0 Å². The SMILES string of the molecule is CN(C)C[C@]1(CO)CC1(F)F. The summed E-state index contributed by atoms with van der Waals surface area (Å²) in [6.07, 6.45) is -0.172. The molecule has 0 saturated heterocycles. The minimum Gasteiger partial charge on any atom is -0.396 e. The number of aliphatic hydroxyl groups excluding tert-OH is 1. The Bertz CT molecular complexity index is 161. The molecule has 0 unspecified atom stereocenters. The van der Waals surface area contributed by atoms with E-state index in [9.17, 15) is 8.78 Å². The first-order chi connectivity index (χ1) is 4.93. The first-order valence-electron chi connectivity index (χ1n) is 3.57. The van der Waals surface area contributed by atoms with Crippen LogP contribution < -0.4 is 0 Å². The summed E-state index contributed by atoms with van der Waals surface area (Å²) in [6, 6.07) is 0. The van der Waals surface area contributed by atoms with Crippen LogP contribution in [0.4, 0.5) is 8.78 Å². The van der Waals surface area contributed by atoms with Crippen molar-refractivity contribution in [3.8, 4) is 0 Å². The number of aliphatic hydroxyl groups is 1. The van der Waals surface area contributed by atoms with Crippen molar-refractivity contribution in [2.24, 2.45) is 5.41 Å². The second kappa shape index (κ2) is 2.38. The fourth-order valence-corrected chi connectivity index (χ4v) is 1.38. The number of alkyl halides is 2. The van der Waals surface area contributed by atoms with Crippen molar-refractivity contribution < 1.29 is 13.9 Å². The Labute approximate surface area is 64.8 Å². The summed E-state index contributed by atoms with van der Waals surface area (Å²) in [7, 11) is 3.46. The molecule has 4 heteroatoms. The van der Waals surface area contributed by atoms with Crippen LogP contribution in [0.5, 0.6) is 0 Å². The van der Waals surface area contributed by atoms with Crippen molar-refractivity contribution >= 4 is 0 Å². The van der Waals surface area contributed by atoms with Crippen LogP contribution in [0.15, 0.2) is 0 Å². The molecule has 0 aromatic rings. The molecular formula is C7H13F2NO. The van der Waals surface area contributed by atoms with Gasteiger partial charge in [0, 0.05) is 13.0 Å². The topological polar surface area (TPSA) is 23.5 Å². The van der Waals surface area contributed by atoms with Gasteiger partial charge in [-0.15, -0.1) is 0 Å². The van der Waals surface area contributed by atoms with Crippen LogP contribution in [0.25, 0.3) is 0 Å². The van der Waals surface area contributed by atoms with Gasteiger partial charge in [0.25, 0.3) is 5.92 Å². The van der Waals surface area contributed by atoms with Crippen LogP contribution in [-0.4, -0.2) is 43.2 Å². The molecule has 0 amide bonds. The maximum Gasteiger partial charge on any atom is 0.258 e. The standard InChI is InChI=1S/C7H13F2NO/c1-10(2)4-6(5-11)3-7(6,8)9/h11H,3-5H2,1-2H3/t6-/m0/s1. The second-order valence-electron chi connectivity index (χ2n) is 3.56. The Morgan fingerprint density at radius 1 is 1.45 bits per heavy atom. The van der Waals surface area contributed by atoms with E-state index >= 15 is 0 Å². The zero-order valence-corrected chi connectivity index (χ0v) is 6.77. The van der Waals surface area contributed by atoms with E-state index in [-0.39, 0.29) is 13.0 Å². The predicted octanol–water partition coefficient (Wildman–Crippen LogP) is 0.566. The van der Waals surface area contributed by atoms with Gasteiger partial charge in [0.2, 0.25) is 0 Å². The van der Waals surface area contributed by atoms with Crippen LogP contribution in [0, 0.1) is 5.41 Å². The van der Waals surface area contributed by atoms with Crippen molar-refractivity contribution in [2.75, 3.05) is 27.2 Å². The molecule has 2 nitrogen and oxygen atoms in total. The van der Waals surface area contributed by atoms with Crippen LogP contribution in [0.2, 0.25) is 0 Å². The van der Waals surface area contributed by atoms with Crippen molar-refractivity contribution in [1.29, 1.82) is 0 Å². The quantitative estimate of drug-likeness (QED) is 0.660. The number of nitrogens with zero attached hydrogens (tertiary/aromatic N) is 1. The Hall–Kier alpha value is -0.220.